The summed E-state index contributed by atoms with van der Waals surface area (Å²) >= 11 is 0. The number of nitrogens with one attached hydrogen (secondary N) is 1. The van der Waals surface area contributed by atoms with Crippen LogP contribution in [-0.2, 0) is 4.79 Å². The van der Waals surface area contributed by atoms with Crippen molar-refractivity contribution >= 4 is 5.91 Å². The summed E-state index contributed by atoms with van der Waals surface area (Å²) in [6.45, 7) is 0.741. The zero-order chi connectivity index (χ0) is 11.9. The monoisotopic (exact) mass is 226 g/mol. The lowest BCUT2D eigenvalue weighted by Gasteiger charge is -2.40. The Balaban J connectivity index is 1.93. The van der Waals surface area contributed by atoms with Crippen molar-refractivity contribution in [3.8, 4) is 6.07 Å². The van der Waals surface area contributed by atoms with Gasteiger partial charge in [-0.15, -0.1) is 0 Å². The fourth-order valence-electron chi connectivity index (χ4n) is 3.08. The smallest absolute Gasteiger partial charge is 0.226 e. The van der Waals surface area contributed by atoms with Crippen molar-refractivity contribution in [3.63, 3.8) is 0 Å². The summed E-state index contributed by atoms with van der Waals surface area (Å²) in [7, 11) is 0. The summed E-state index contributed by atoms with van der Waals surface area (Å²) < 4.78 is 0. The molecular formula is C14H14N2O. The minimum absolute atomic E-state index is 0.145. The van der Waals surface area contributed by atoms with Crippen LogP contribution >= 0.6 is 0 Å². The van der Waals surface area contributed by atoms with Crippen LogP contribution in [0.15, 0.2) is 24.3 Å². The molecule has 1 aromatic carbocycles. The summed E-state index contributed by atoms with van der Waals surface area (Å²) in [6.07, 6.45) is 3.16. The third-order valence-corrected chi connectivity index (χ3v) is 4.27. The van der Waals surface area contributed by atoms with Crippen LogP contribution in [0.3, 0.4) is 0 Å². The van der Waals surface area contributed by atoms with Gasteiger partial charge in [0.15, 0.2) is 0 Å². The first-order valence-electron chi connectivity index (χ1n) is 6.05. The van der Waals surface area contributed by atoms with Crippen LogP contribution in [0.1, 0.15) is 36.3 Å². The van der Waals surface area contributed by atoms with Crippen LogP contribution in [0.4, 0.5) is 0 Å². The molecule has 86 valence electrons. The highest BCUT2D eigenvalue weighted by Crippen LogP contribution is 2.53. The number of amides is 1. The molecule has 1 saturated carbocycles. The molecule has 1 N–H and O–H groups in total. The van der Waals surface area contributed by atoms with Gasteiger partial charge >= 0.3 is 0 Å². The predicted octanol–water partition coefficient (Wildman–Crippen LogP) is 1.94. The van der Waals surface area contributed by atoms with Gasteiger partial charge in [0.25, 0.3) is 0 Å². The number of nitriles is 1. The molecule has 1 amide bonds. The maximum Gasteiger partial charge on any atom is 0.226 e. The Kier molecular flexibility index (Phi) is 2.19. The Morgan fingerprint density at radius 3 is 2.53 bits per heavy atom. The van der Waals surface area contributed by atoms with E-state index in [-0.39, 0.29) is 17.2 Å². The lowest BCUT2D eigenvalue weighted by molar-refractivity contribution is -0.132. The lowest BCUT2D eigenvalue weighted by atomic mass is 9.61. The second-order valence-electron chi connectivity index (χ2n) is 5.01. The Hall–Kier alpha value is -1.82. The molecule has 0 unspecified atom stereocenters. The first kappa shape index (κ1) is 10.3. The van der Waals surface area contributed by atoms with Gasteiger partial charge in [-0.25, -0.2) is 0 Å². The van der Waals surface area contributed by atoms with Crippen molar-refractivity contribution in [2.75, 3.05) is 6.54 Å². The van der Waals surface area contributed by atoms with Crippen molar-refractivity contribution < 1.29 is 4.79 Å². The zero-order valence-corrected chi connectivity index (χ0v) is 9.57. The minimum Gasteiger partial charge on any atom is -0.355 e. The molecule has 2 fully saturated rings. The van der Waals surface area contributed by atoms with E-state index in [0.717, 1.165) is 25.8 Å². The maximum absolute atomic E-state index is 11.9. The molecule has 2 aliphatic rings. The largest absolute Gasteiger partial charge is 0.355 e. The van der Waals surface area contributed by atoms with Crippen LogP contribution in [0.25, 0.3) is 0 Å². The van der Waals surface area contributed by atoms with Crippen molar-refractivity contribution in [3.05, 3.63) is 35.4 Å². The molecule has 1 heterocycles. The molecule has 3 nitrogen and oxygen atoms in total. The third-order valence-electron chi connectivity index (χ3n) is 4.27. The van der Waals surface area contributed by atoms with Crippen LogP contribution < -0.4 is 5.32 Å². The van der Waals surface area contributed by atoms with Gasteiger partial charge in [0.05, 0.1) is 17.0 Å². The first-order valence-corrected chi connectivity index (χ1v) is 6.05. The Bertz CT molecular complexity index is 494. The molecular weight excluding hydrogens is 212 g/mol. The average Bonchev–Trinajstić information content (AvgIpc) is 2.66. The molecule has 3 heteroatoms. The molecule has 1 saturated heterocycles. The van der Waals surface area contributed by atoms with Gasteiger partial charge in [0, 0.05) is 12.5 Å². The molecule has 1 aliphatic carbocycles. The number of carbonyl (C=O) groups is 1. The Morgan fingerprint density at radius 2 is 2.00 bits per heavy atom. The molecule has 0 radical (unpaired) electrons. The highest BCUT2D eigenvalue weighted by atomic mass is 16.2. The van der Waals surface area contributed by atoms with Gasteiger partial charge in [0.2, 0.25) is 5.91 Å². The normalized spacial score (nSPS) is 25.1. The number of benzene rings is 1. The van der Waals surface area contributed by atoms with Gasteiger partial charge in [-0.1, -0.05) is 18.6 Å². The van der Waals surface area contributed by atoms with Crippen LogP contribution in [0.2, 0.25) is 0 Å². The number of hydrogen-bond acceptors (Lipinski definition) is 2. The van der Waals surface area contributed by atoms with Gasteiger partial charge in [-0.05, 0) is 30.5 Å². The van der Waals surface area contributed by atoms with Crippen LogP contribution in [-0.4, -0.2) is 12.5 Å². The van der Waals surface area contributed by atoms with Gasteiger partial charge in [0.1, 0.15) is 0 Å². The van der Waals surface area contributed by atoms with E-state index in [2.05, 4.69) is 11.4 Å². The fraction of sp³-hybridized carbons (Fsp3) is 0.429. The van der Waals surface area contributed by atoms with E-state index < -0.39 is 0 Å². The molecule has 0 aromatic heterocycles. The Labute approximate surface area is 100 Å². The van der Waals surface area contributed by atoms with E-state index in [1.165, 1.54) is 5.56 Å². The molecule has 1 atom stereocenters. The number of nitrogens with zero attached hydrogens (tertiary/aromatic N) is 1. The standard InChI is InChI=1S/C14H14N2O/c15-8-10-2-4-11(5-3-10)12-9-16-13(17)14(12)6-1-7-14/h2-5,12H,1,6-7,9H2,(H,16,17)/t12-/m0/s1. The van der Waals surface area contributed by atoms with Crippen molar-refractivity contribution in [1.82, 2.24) is 5.32 Å². The van der Waals surface area contributed by atoms with Crippen molar-refractivity contribution in [2.45, 2.75) is 25.2 Å². The minimum atomic E-state index is -0.145. The fourth-order valence-corrected chi connectivity index (χ4v) is 3.08. The first-order chi connectivity index (χ1) is 8.26. The summed E-state index contributed by atoms with van der Waals surface area (Å²) in [5.74, 6) is 0.509. The SMILES string of the molecule is N#Cc1ccc([C@@H]2CNC(=O)C23CCC3)cc1. The highest BCUT2D eigenvalue weighted by Gasteiger charge is 2.54. The summed E-state index contributed by atoms with van der Waals surface area (Å²) in [4.78, 5) is 11.9. The van der Waals surface area contributed by atoms with E-state index in [0.29, 0.717) is 5.56 Å². The number of rotatable bonds is 1. The van der Waals surface area contributed by atoms with Gasteiger partial charge < -0.3 is 5.32 Å². The van der Waals surface area contributed by atoms with Crippen molar-refractivity contribution in [2.24, 2.45) is 5.41 Å². The van der Waals surface area contributed by atoms with Gasteiger partial charge in [-0.2, -0.15) is 5.26 Å². The van der Waals surface area contributed by atoms with Crippen LogP contribution in [0, 0.1) is 16.7 Å². The molecule has 1 spiro atoms. The van der Waals surface area contributed by atoms with E-state index in [9.17, 15) is 4.79 Å². The second kappa shape index (κ2) is 3.59. The zero-order valence-electron chi connectivity index (χ0n) is 9.57. The Morgan fingerprint density at radius 1 is 1.29 bits per heavy atom. The topological polar surface area (TPSA) is 52.9 Å². The van der Waals surface area contributed by atoms with E-state index in [1.807, 2.05) is 24.3 Å². The number of hydrogen-bond donors (Lipinski definition) is 1. The lowest BCUT2D eigenvalue weighted by Crippen LogP contribution is -2.40. The maximum atomic E-state index is 11.9. The summed E-state index contributed by atoms with van der Waals surface area (Å²) in [5, 5.41) is 11.8. The molecule has 3 rings (SSSR count). The second-order valence-corrected chi connectivity index (χ2v) is 5.01. The molecule has 17 heavy (non-hydrogen) atoms. The molecule has 1 aromatic rings. The quantitative estimate of drug-likeness (QED) is 0.795. The van der Waals surface area contributed by atoms with Crippen molar-refractivity contribution in [1.29, 1.82) is 5.26 Å². The summed E-state index contributed by atoms with van der Waals surface area (Å²) in [6, 6.07) is 9.77. The van der Waals surface area contributed by atoms with E-state index in [4.69, 9.17) is 5.26 Å². The molecule has 0 bridgehead atoms. The number of carbonyl (C=O) groups excluding carboxylic acids is 1. The van der Waals surface area contributed by atoms with E-state index in [1.54, 1.807) is 0 Å². The predicted molar refractivity (Wildman–Crippen MR) is 63.2 cm³/mol. The highest BCUT2D eigenvalue weighted by molar-refractivity contribution is 5.87. The van der Waals surface area contributed by atoms with Crippen LogP contribution in [0.5, 0.6) is 0 Å². The van der Waals surface area contributed by atoms with E-state index >= 15 is 0 Å². The third kappa shape index (κ3) is 1.37. The average molecular weight is 226 g/mol. The molecule has 1 aliphatic heterocycles. The summed E-state index contributed by atoms with van der Waals surface area (Å²) in [5.41, 5.74) is 1.71. The van der Waals surface area contributed by atoms with Gasteiger partial charge in [-0.3, -0.25) is 4.79 Å².